The minimum absolute atomic E-state index is 0. The normalized spacial score (nSPS) is 24.5. The van der Waals surface area contributed by atoms with E-state index in [0.717, 1.165) is 0 Å². The van der Waals surface area contributed by atoms with Crippen LogP contribution in [0.2, 0.25) is 0 Å². The summed E-state index contributed by atoms with van der Waals surface area (Å²) in [5, 5.41) is 13.5. The van der Waals surface area contributed by atoms with E-state index in [9.17, 15) is 9.46 Å². The molecule has 1 rings (SSSR count). The van der Waals surface area contributed by atoms with Gasteiger partial charge in [-0.3, -0.25) is 4.57 Å². The molecule has 0 aromatic carbocycles. The number of rotatable bonds is 0. The molecule has 54 valence electrons. The summed E-state index contributed by atoms with van der Waals surface area (Å²) in [6, 6.07) is 0. The quantitative estimate of drug-likeness (QED) is 0.213. The first-order valence-electron chi connectivity index (χ1n) is 1.56. The zero-order valence-corrected chi connectivity index (χ0v) is 7.61. The molecular formula is NaO8P. The molecule has 0 aliphatic carbocycles. The van der Waals surface area contributed by atoms with Crippen molar-refractivity contribution in [3.63, 3.8) is 0 Å². The first-order chi connectivity index (χ1) is 4.21. The van der Waals surface area contributed by atoms with Gasteiger partial charge in [-0.2, -0.15) is 0 Å². The van der Waals surface area contributed by atoms with Crippen LogP contribution in [0, 0.1) is 0 Å². The molecular weight excluding hydrogens is 182 g/mol. The Morgan fingerprint density at radius 3 is 1.80 bits per heavy atom. The molecule has 1 saturated heterocycles. The number of hydrogen-bond donors (Lipinski definition) is 0. The Kier molecular flexibility index (Phi) is 5.20. The molecule has 0 atom stereocenters. The van der Waals surface area contributed by atoms with Gasteiger partial charge in [-0.1, -0.05) is 0 Å². The van der Waals surface area contributed by atoms with Crippen molar-refractivity contribution in [1.29, 1.82) is 0 Å². The minimum Gasteiger partial charge on any atom is -0.753 e. The second-order valence-electron chi connectivity index (χ2n) is 0.868. The Hall–Kier alpha value is 0.950. The standard InChI is InChI=1S/Na.HO8P/c;1-9(2)7-5-3-4-6-8-9/h;(H,1,2)/q+1;/p-1. The fourth-order valence-electron chi connectivity index (χ4n) is 0.134. The number of hydrogen-bond acceptors (Lipinski definition) is 8. The van der Waals surface area contributed by atoms with Gasteiger partial charge in [-0.25, -0.2) is 0 Å². The van der Waals surface area contributed by atoms with Crippen molar-refractivity contribution in [2.75, 3.05) is 0 Å². The van der Waals surface area contributed by atoms with Crippen molar-refractivity contribution in [1.82, 2.24) is 0 Å². The van der Waals surface area contributed by atoms with Crippen LogP contribution in [0.15, 0.2) is 0 Å². The van der Waals surface area contributed by atoms with Gasteiger partial charge in [0.1, 0.15) is 0 Å². The summed E-state index contributed by atoms with van der Waals surface area (Å²) in [7, 11) is -4.57. The zero-order valence-electron chi connectivity index (χ0n) is 4.71. The van der Waals surface area contributed by atoms with Crippen LogP contribution in [-0.4, -0.2) is 0 Å². The number of phosphoric acid groups is 1. The van der Waals surface area contributed by atoms with Crippen molar-refractivity contribution in [3.05, 3.63) is 0 Å². The van der Waals surface area contributed by atoms with Crippen LogP contribution in [0.4, 0.5) is 0 Å². The maximum absolute atomic E-state index is 10.0. The minimum atomic E-state index is -4.57. The molecule has 0 spiro atoms. The van der Waals surface area contributed by atoms with Gasteiger partial charge in [-0.15, -0.1) is 9.35 Å². The Morgan fingerprint density at radius 1 is 1.00 bits per heavy atom. The second-order valence-corrected chi connectivity index (χ2v) is 2.06. The third-order valence-corrected chi connectivity index (χ3v) is 0.814. The summed E-state index contributed by atoms with van der Waals surface area (Å²) in [6.07, 6.45) is 0. The van der Waals surface area contributed by atoms with Crippen LogP contribution >= 0.6 is 7.82 Å². The molecule has 10 heteroatoms. The van der Waals surface area contributed by atoms with E-state index in [4.69, 9.17) is 0 Å². The van der Waals surface area contributed by atoms with E-state index in [-0.39, 0.29) is 29.6 Å². The Morgan fingerprint density at radius 2 is 1.40 bits per heavy atom. The zero-order chi connectivity index (χ0) is 6.74. The molecule has 1 heterocycles. The van der Waals surface area contributed by atoms with Crippen LogP contribution in [0.1, 0.15) is 0 Å². The summed E-state index contributed by atoms with van der Waals surface area (Å²) in [4.78, 5) is 10.0. The average molecular weight is 182 g/mol. The maximum atomic E-state index is 10.0. The summed E-state index contributed by atoms with van der Waals surface area (Å²) in [6.45, 7) is 0. The van der Waals surface area contributed by atoms with Gasteiger partial charge in [0.2, 0.25) is 0 Å². The summed E-state index contributed by atoms with van der Waals surface area (Å²) < 4.78 is 16.8. The van der Waals surface area contributed by atoms with E-state index in [2.05, 4.69) is 29.5 Å². The van der Waals surface area contributed by atoms with Crippen LogP contribution in [-0.2, 0) is 34.1 Å². The van der Waals surface area contributed by atoms with E-state index >= 15 is 0 Å². The predicted molar refractivity (Wildman–Crippen MR) is 14.1 cm³/mol. The smallest absolute Gasteiger partial charge is 0.753 e. The average Bonchev–Trinajstić information content (AvgIpc) is 1.92. The third-order valence-electron chi connectivity index (χ3n) is 0.327. The largest absolute Gasteiger partial charge is 1.00 e. The van der Waals surface area contributed by atoms with E-state index in [0.29, 0.717) is 0 Å². The first kappa shape index (κ1) is 11.0. The van der Waals surface area contributed by atoms with Gasteiger partial charge in [0.05, 0.1) is 0 Å². The summed E-state index contributed by atoms with van der Waals surface area (Å²) in [5.41, 5.74) is 0. The van der Waals surface area contributed by atoms with Crippen LogP contribution < -0.4 is 34.5 Å². The van der Waals surface area contributed by atoms with Crippen molar-refractivity contribution >= 4 is 7.82 Å². The molecule has 0 aromatic rings. The van der Waals surface area contributed by atoms with Gasteiger partial charge < -0.3 is 4.89 Å². The Balaban J connectivity index is 0.000000810. The summed E-state index contributed by atoms with van der Waals surface area (Å²) >= 11 is 0. The molecule has 10 heavy (non-hydrogen) atoms. The Bertz CT molecular complexity index is 119. The fraction of sp³-hybridized carbons (Fsp3) is 0. The molecule has 1 aliphatic rings. The van der Waals surface area contributed by atoms with E-state index in [1.165, 1.54) is 0 Å². The molecule has 0 bridgehead atoms. The molecule has 0 saturated carbocycles. The second kappa shape index (κ2) is 4.75. The molecule has 0 radical (unpaired) electrons. The maximum Gasteiger partial charge on any atom is 1.00 e. The van der Waals surface area contributed by atoms with E-state index in [1.807, 2.05) is 0 Å². The molecule has 0 amide bonds. The third kappa shape index (κ3) is 3.96. The van der Waals surface area contributed by atoms with Crippen molar-refractivity contribution in [3.8, 4) is 0 Å². The molecule has 0 unspecified atom stereocenters. The summed E-state index contributed by atoms with van der Waals surface area (Å²) in [5.74, 6) is 0. The molecule has 1 fully saturated rings. The van der Waals surface area contributed by atoms with Crippen molar-refractivity contribution < 1.29 is 68.5 Å². The molecule has 0 aromatic heterocycles. The van der Waals surface area contributed by atoms with E-state index < -0.39 is 7.82 Å². The van der Waals surface area contributed by atoms with Gasteiger partial charge in [0.25, 0.3) is 0 Å². The molecule has 1 aliphatic heterocycles. The topological polar surface area (TPSA) is 95.5 Å². The predicted octanol–water partition coefficient (Wildman–Crippen LogP) is -3.85. The Labute approximate surface area is 76.5 Å². The van der Waals surface area contributed by atoms with Crippen molar-refractivity contribution in [2.45, 2.75) is 0 Å². The molecule has 0 N–H and O–H groups in total. The van der Waals surface area contributed by atoms with Crippen molar-refractivity contribution in [2.24, 2.45) is 0 Å². The van der Waals surface area contributed by atoms with Gasteiger partial charge in [-0.05, 0) is 20.2 Å². The van der Waals surface area contributed by atoms with Crippen LogP contribution in [0.3, 0.4) is 0 Å². The SMILES string of the molecule is O=P1([O-])OOOOOO1.[Na+]. The van der Waals surface area contributed by atoms with Gasteiger partial charge in [0.15, 0.2) is 0 Å². The van der Waals surface area contributed by atoms with E-state index in [1.54, 1.807) is 0 Å². The van der Waals surface area contributed by atoms with Gasteiger partial charge >= 0.3 is 37.4 Å². The monoisotopic (exact) mass is 182 g/mol. The first-order valence-corrected chi connectivity index (χ1v) is 3.02. The molecule has 8 nitrogen and oxygen atoms in total. The van der Waals surface area contributed by atoms with Crippen LogP contribution in [0.5, 0.6) is 0 Å². The van der Waals surface area contributed by atoms with Gasteiger partial charge in [0, 0.05) is 0 Å². The fourth-order valence-corrected chi connectivity index (χ4v) is 0.358. The van der Waals surface area contributed by atoms with Crippen LogP contribution in [0.25, 0.3) is 0 Å².